The van der Waals surface area contributed by atoms with Crippen molar-refractivity contribution in [1.29, 1.82) is 0 Å². The number of hydrogen-bond donors (Lipinski definition) is 0. The fourth-order valence-corrected chi connectivity index (χ4v) is 5.62. The van der Waals surface area contributed by atoms with Crippen molar-refractivity contribution >= 4 is 11.8 Å². The third-order valence-corrected chi connectivity index (χ3v) is 7.45. The molecule has 2 amide bonds. The van der Waals surface area contributed by atoms with Crippen LogP contribution in [-0.4, -0.2) is 56.0 Å². The predicted octanol–water partition coefficient (Wildman–Crippen LogP) is 3.39. The van der Waals surface area contributed by atoms with E-state index in [2.05, 4.69) is 23.9 Å². The summed E-state index contributed by atoms with van der Waals surface area (Å²) in [5, 5.41) is 4.56. The van der Waals surface area contributed by atoms with E-state index in [-0.39, 0.29) is 23.8 Å². The van der Waals surface area contributed by atoms with Crippen LogP contribution in [0, 0.1) is 11.3 Å². The van der Waals surface area contributed by atoms with E-state index in [1.807, 2.05) is 44.9 Å². The van der Waals surface area contributed by atoms with Crippen molar-refractivity contribution in [2.24, 2.45) is 11.3 Å². The molecule has 0 N–H and O–H groups in total. The van der Waals surface area contributed by atoms with Gasteiger partial charge in [0, 0.05) is 56.1 Å². The van der Waals surface area contributed by atoms with Gasteiger partial charge in [0.25, 0.3) is 0 Å². The monoisotopic (exact) mass is 435 g/mol. The van der Waals surface area contributed by atoms with Crippen LogP contribution in [0.25, 0.3) is 0 Å². The van der Waals surface area contributed by atoms with Gasteiger partial charge in [-0.3, -0.25) is 19.3 Å². The SMILES string of the molecule is CC(C)n1nccc1[C@@H]1CN(C(=O)CC2CC2)C[C@]12CCCN(Cc1ccccn1)C2=O. The molecule has 3 aliphatic rings. The van der Waals surface area contributed by atoms with Crippen LogP contribution < -0.4 is 0 Å². The lowest BCUT2D eigenvalue weighted by atomic mass is 9.70. The zero-order chi connectivity index (χ0) is 22.3. The number of likely N-dealkylation sites (tertiary alicyclic amines) is 2. The summed E-state index contributed by atoms with van der Waals surface area (Å²) in [6.07, 6.45) is 8.30. The van der Waals surface area contributed by atoms with Gasteiger partial charge in [0.1, 0.15) is 0 Å². The molecule has 1 spiro atoms. The second kappa shape index (κ2) is 8.34. The summed E-state index contributed by atoms with van der Waals surface area (Å²) >= 11 is 0. The summed E-state index contributed by atoms with van der Waals surface area (Å²) in [5.41, 5.74) is 1.40. The average Bonchev–Trinajstić information content (AvgIpc) is 3.32. The zero-order valence-electron chi connectivity index (χ0n) is 19.1. The van der Waals surface area contributed by atoms with Crippen molar-refractivity contribution in [3.63, 3.8) is 0 Å². The molecule has 0 radical (unpaired) electrons. The van der Waals surface area contributed by atoms with Crippen molar-refractivity contribution in [2.45, 2.75) is 64.5 Å². The lowest BCUT2D eigenvalue weighted by Crippen LogP contribution is -2.52. The number of pyridine rings is 1. The fraction of sp³-hybridized carbons (Fsp3) is 0.600. The maximum absolute atomic E-state index is 14.1. The van der Waals surface area contributed by atoms with E-state index >= 15 is 0 Å². The number of carbonyl (C=O) groups is 2. The number of hydrogen-bond acceptors (Lipinski definition) is 4. The minimum Gasteiger partial charge on any atom is -0.341 e. The van der Waals surface area contributed by atoms with E-state index in [4.69, 9.17) is 0 Å². The van der Waals surface area contributed by atoms with Gasteiger partial charge < -0.3 is 9.80 Å². The Kier molecular flexibility index (Phi) is 5.51. The summed E-state index contributed by atoms with van der Waals surface area (Å²) < 4.78 is 2.03. The summed E-state index contributed by atoms with van der Waals surface area (Å²) in [6.45, 7) is 6.61. The highest BCUT2D eigenvalue weighted by Gasteiger charge is 2.57. The topological polar surface area (TPSA) is 71.3 Å². The Labute approximate surface area is 189 Å². The van der Waals surface area contributed by atoms with Crippen LogP contribution in [0.15, 0.2) is 36.7 Å². The summed E-state index contributed by atoms with van der Waals surface area (Å²) in [6, 6.07) is 8.08. The molecule has 2 aliphatic heterocycles. The number of nitrogens with zero attached hydrogens (tertiary/aromatic N) is 5. The molecule has 2 aromatic heterocycles. The first-order chi connectivity index (χ1) is 15.5. The molecule has 7 heteroatoms. The maximum atomic E-state index is 14.1. The zero-order valence-corrected chi connectivity index (χ0v) is 19.1. The number of aromatic nitrogens is 3. The van der Waals surface area contributed by atoms with E-state index < -0.39 is 5.41 Å². The molecule has 0 unspecified atom stereocenters. The van der Waals surface area contributed by atoms with Crippen LogP contribution in [0.5, 0.6) is 0 Å². The predicted molar refractivity (Wildman–Crippen MR) is 121 cm³/mol. The number of carbonyl (C=O) groups excluding carboxylic acids is 2. The number of amides is 2. The van der Waals surface area contributed by atoms with Crippen molar-refractivity contribution in [3.05, 3.63) is 48.0 Å². The van der Waals surface area contributed by atoms with E-state index in [9.17, 15) is 9.59 Å². The smallest absolute Gasteiger partial charge is 0.231 e. The van der Waals surface area contributed by atoms with Crippen LogP contribution in [0.2, 0.25) is 0 Å². The van der Waals surface area contributed by atoms with Crippen LogP contribution in [0.3, 0.4) is 0 Å². The minimum absolute atomic E-state index is 0.0328. The van der Waals surface area contributed by atoms with Crippen LogP contribution in [0.1, 0.15) is 69.3 Å². The molecule has 2 atom stereocenters. The van der Waals surface area contributed by atoms with E-state index in [1.165, 1.54) is 0 Å². The molecule has 3 fully saturated rings. The third kappa shape index (κ3) is 3.82. The van der Waals surface area contributed by atoms with Gasteiger partial charge in [-0.15, -0.1) is 0 Å². The number of rotatable bonds is 6. The van der Waals surface area contributed by atoms with E-state index in [1.54, 1.807) is 6.20 Å². The lowest BCUT2D eigenvalue weighted by Gasteiger charge is -2.42. The summed E-state index contributed by atoms with van der Waals surface area (Å²) in [7, 11) is 0. The maximum Gasteiger partial charge on any atom is 0.231 e. The van der Waals surface area contributed by atoms with Crippen molar-refractivity contribution in [1.82, 2.24) is 24.6 Å². The van der Waals surface area contributed by atoms with Gasteiger partial charge in [-0.25, -0.2) is 0 Å². The quantitative estimate of drug-likeness (QED) is 0.697. The first-order valence-corrected chi connectivity index (χ1v) is 12.0. The van der Waals surface area contributed by atoms with Gasteiger partial charge >= 0.3 is 0 Å². The van der Waals surface area contributed by atoms with Crippen LogP contribution in [-0.2, 0) is 16.1 Å². The average molecular weight is 436 g/mol. The van der Waals surface area contributed by atoms with Crippen LogP contribution in [0.4, 0.5) is 0 Å². The van der Waals surface area contributed by atoms with Gasteiger partial charge in [-0.1, -0.05) is 6.07 Å². The highest BCUT2D eigenvalue weighted by molar-refractivity contribution is 5.87. The largest absolute Gasteiger partial charge is 0.341 e. The molecule has 170 valence electrons. The molecular formula is C25H33N5O2. The Balaban J connectivity index is 1.47. The van der Waals surface area contributed by atoms with Gasteiger partial charge in [0.15, 0.2) is 0 Å². The molecule has 7 nitrogen and oxygen atoms in total. The molecule has 0 bridgehead atoms. The van der Waals surface area contributed by atoms with E-state index in [0.717, 1.165) is 43.6 Å². The molecule has 2 aromatic rings. The van der Waals surface area contributed by atoms with Gasteiger partial charge in [-0.2, -0.15) is 5.10 Å². The standard InChI is InChI=1S/C25H33N5O2/c1-18(2)30-22(9-12-27-30)21-16-29(23(31)14-19-7-8-19)17-25(21)10-5-13-28(24(25)32)15-20-6-3-4-11-26-20/h3-4,6,9,11-12,18-19,21H,5,7-8,10,13-17H2,1-2H3/t21-,25+/m0/s1. The first kappa shape index (κ1) is 21.2. The Hall–Kier alpha value is -2.70. The highest BCUT2D eigenvalue weighted by atomic mass is 16.2. The van der Waals surface area contributed by atoms with Gasteiger partial charge in [0.2, 0.25) is 11.8 Å². The highest BCUT2D eigenvalue weighted by Crippen LogP contribution is 2.50. The molecule has 1 aliphatic carbocycles. The summed E-state index contributed by atoms with van der Waals surface area (Å²) in [5.74, 6) is 0.883. The van der Waals surface area contributed by atoms with Crippen molar-refractivity contribution < 1.29 is 9.59 Å². The first-order valence-electron chi connectivity index (χ1n) is 12.0. The van der Waals surface area contributed by atoms with Gasteiger partial charge in [0.05, 0.1) is 17.7 Å². The Morgan fingerprint density at radius 1 is 1.22 bits per heavy atom. The third-order valence-electron chi connectivity index (χ3n) is 7.45. The normalized spacial score (nSPS) is 25.8. The molecule has 32 heavy (non-hydrogen) atoms. The fourth-order valence-electron chi connectivity index (χ4n) is 5.62. The second-order valence-corrected chi connectivity index (χ2v) is 10.1. The van der Waals surface area contributed by atoms with Crippen molar-refractivity contribution in [3.8, 4) is 0 Å². The van der Waals surface area contributed by atoms with Gasteiger partial charge in [-0.05, 0) is 63.6 Å². The van der Waals surface area contributed by atoms with Crippen LogP contribution >= 0.6 is 0 Å². The molecule has 2 saturated heterocycles. The molecule has 5 rings (SSSR count). The van der Waals surface area contributed by atoms with Crippen molar-refractivity contribution in [2.75, 3.05) is 19.6 Å². The molecule has 1 saturated carbocycles. The molecule has 4 heterocycles. The minimum atomic E-state index is -0.584. The molecular weight excluding hydrogens is 402 g/mol. The number of piperidine rings is 1. The molecule has 0 aromatic carbocycles. The van der Waals surface area contributed by atoms with E-state index in [0.29, 0.717) is 32.0 Å². The summed E-state index contributed by atoms with van der Waals surface area (Å²) in [4.78, 5) is 35.6. The lowest BCUT2D eigenvalue weighted by molar-refractivity contribution is -0.148. The second-order valence-electron chi connectivity index (χ2n) is 10.1. The Bertz CT molecular complexity index is 983. The Morgan fingerprint density at radius 2 is 2.06 bits per heavy atom. The Morgan fingerprint density at radius 3 is 2.78 bits per heavy atom.